The highest BCUT2D eigenvalue weighted by molar-refractivity contribution is 5.78. The molecule has 120 valence electrons. The number of hydrazine groups is 1. The fourth-order valence-corrected chi connectivity index (χ4v) is 2.73. The summed E-state index contributed by atoms with van der Waals surface area (Å²) < 4.78 is 5.12. The summed E-state index contributed by atoms with van der Waals surface area (Å²) in [6.07, 6.45) is 1.11. The molecule has 2 atom stereocenters. The Balaban J connectivity index is 1.50. The second kappa shape index (κ2) is 7.26. The van der Waals surface area contributed by atoms with E-state index >= 15 is 0 Å². The highest BCUT2D eigenvalue weighted by atomic mass is 16.5. The molecule has 1 amide bonds. The molecule has 5 heteroatoms. The minimum atomic E-state index is -0.0639. The summed E-state index contributed by atoms with van der Waals surface area (Å²) >= 11 is 0. The lowest BCUT2D eigenvalue weighted by atomic mass is 10.0. The van der Waals surface area contributed by atoms with E-state index in [1.807, 2.05) is 42.5 Å². The fourth-order valence-electron chi connectivity index (χ4n) is 2.73. The summed E-state index contributed by atoms with van der Waals surface area (Å²) in [6, 6.07) is 18.0. The summed E-state index contributed by atoms with van der Waals surface area (Å²) in [5.74, 6) is 0.796. The van der Waals surface area contributed by atoms with Gasteiger partial charge in [0.2, 0.25) is 5.91 Å². The molecule has 3 N–H and O–H groups in total. The molecule has 2 unspecified atom stereocenters. The van der Waals surface area contributed by atoms with Crippen molar-refractivity contribution in [2.75, 3.05) is 7.11 Å². The summed E-state index contributed by atoms with van der Waals surface area (Å²) in [7, 11) is 1.63. The third-order valence-electron chi connectivity index (χ3n) is 3.96. The summed E-state index contributed by atoms with van der Waals surface area (Å²) in [5.41, 5.74) is 8.55. The van der Waals surface area contributed by atoms with Crippen LogP contribution in [0.25, 0.3) is 0 Å². The highest BCUT2D eigenvalue weighted by Gasteiger charge is 2.25. The van der Waals surface area contributed by atoms with E-state index < -0.39 is 0 Å². The first-order valence-electron chi connectivity index (χ1n) is 7.73. The zero-order valence-corrected chi connectivity index (χ0v) is 13.1. The minimum absolute atomic E-state index is 0.00294. The number of hydrogen-bond donors (Lipinski definition) is 3. The number of benzene rings is 2. The van der Waals surface area contributed by atoms with Crippen LogP contribution in [0.2, 0.25) is 0 Å². The van der Waals surface area contributed by atoms with Gasteiger partial charge in [0.05, 0.1) is 19.7 Å². The van der Waals surface area contributed by atoms with E-state index in [2.05, 4.69) is 28.3 Å². The molecule has 2 aromatic carbocycles. The van der Waals surface area contributed by atoms with E-state index in [-0.39, 0.29) is 18.1 Å². The zero-order valence-electron chi connectivity index (χ0n) is 13.1. The van der Waals surface area contributed by atoms with Gasteiger partial charge >= 0.3 is 0 Å². The van der Waals surface area contributed by atoms with Gasteiger partial charge in [-0.3, -0.25) is 4.79 Å². The number of hydrogen-bond acceptors (Lipinski definition) is 4. The first-order valence-corrected chi connectivity index (χ1v) is 7.73. The Morgan fingerprint density at radius 2 is 1.87 bits per heavy atom. The molecule has 5 nitrogen and oxygen atoms in total. The number of ether oxygens (including phenoxy) is 1. The Hall–Kier alpha value is -2.37. The third kappa shape index (κ3) is 4.09. The molecule has 2 aromatic rings. The molecule has 0 spiro atoms. The molecular weight excluding hydrogens is 290 g/mol. The van der Waals surface area contributed by atoms with Gasteiger partial charge in [0.15, 0.2) is 0 Å². The smallest absolute Gasteiger partial charge is 0.225 e. The van der Waals surface area contributed by atoms with E-state index in [4.69, 9.17) is 4.74 Å². The average molecular weight is 311 g/mol. The maximum absolute atomic E-state index is 12.2. The van der Waals surface area contributed by atoms with Crippen LogP contribution in [0, 0.1) is 0 Å². The lowest BCUT2D eigenvalue weighted by Gasteiger charge is -2.12. The van der Waals surface area contributed by atoms with Gasteiger partial charge in [-0.1, -0.05) is 42.5 Å². The normalized spacial score (nSPS) is 20.2. The topological polar surface area (TPSA) is 62.4 Å². The van der Waals surface area contributed by atoms with E-state index in [0.29, 0.717) is 6.42 Å². The van der Waals surface area contributed by atoms with E-state index in [1.165, 1.54) is 5.56 Å². The molecule has 0 aromatic heterocycles. The van der Waals surface area contributed by atoms with Crippen LogP contribution >= 0.6 is 0 Å². The molecule has 23 heavy (non-hydrogen) atoms. The Morgan fingerprint density at radius 1 is 1.13 bits per heavy atom. The van der Waals surface area contributed by atoms with E-state index in [0.717, 1.165) is 17.7 Å². The summed E-state index contributed by atoms with van der Waals surface area (Å²) in [6.45, 7) is 0. The number of rotatable bonds is 5. The van der Waals surface area contributed by atoms with Crippen LogP contribution in [0.1, 0.15) is 23.6 Å². The molecule has 1 saturated heterocycles. The number of amides is 1. The molecule has 1 aliphatic rings. The van der Waals surface area contributed by atoms with Gasteiger partial charge in [0, 0.05) is 12.5 Å². The number of carbonyl (C=O) groups is 1. The van der Waals surface area contributed by atoms with Crippen molar-refractivity contribution in [1.82, 2.24) is 16.2 Å². The Kier molecular flexibility index (Phi) is 4.90. The average Bonchev–Trinajstić information content (AvgIpc) is 3.04. The van der Waals surface area contributed by atoms with Crippen LogP contribution in [0.4, 0.5) is 0 Å². The number of methoxy groups -OCH3 is 1. The van der Waals surface area contributed by atoms with Gasteiger partial charge < -0.3 is 10.1 Å². The predicted molar refractivity (Wildman–Crippen MR) is 88.7 cm³/mol. The van der Waals surface area contributed by atoms with Crippen LogP contribution < -0.4 is 20.9 Å². The van der Waals surface area contributed by atoms with Crippen molar-refractivity contribution in [2.24, 2.45) is 0 Å². The maximum atomic E-state index is 12.2. The van der Waals surface area contributed by atoms with Crippen LogP contribution in [-0.2, 0) is 11.2 Å². The second-order valence-corrected chi connectivity index (χ2v) is 5.63. The molecule has 1 aliphatic heterocycles. The predicted octanol–water partition coefficient (Wildman–Crippen LogP) is 1.92. The highest BCUT2D eigenvalue weighted by Crippen LogP contribution is 2.20. The van der Waals surface area contributed by atoms with Crippen molar-refractivity contribution >= 4 is 5.91 Å². The number of nitrogens with one attached hydrogen (secondary N) is 3. The first kappa shape index (κ1) is 15.5. The van der Waals surface area contributed by atoms with Crippen molar-refractivity contribution in [3.8, 4) is 5.75 Å². The molecule has 3 rings (SSSR count). The molecular formula is C18H21N3O2. The lowest BCUT2D eigenvalue weighted by molar-refractivity contribution is -0.121. The van der Waals surface area contributed by atoms with Crippen LogP contribution in [0.3, 0.4) is 0 Å². The zero-order chi connectivity index (χ0) is 16.1. The van der Waals surface area contributed by atoms with Gasteiger partial charge in [-0.2, -0.15) is 0 Å². The third-order valence-corrected chi connectivity index (χ3v) is 3.96. The monoisotopic (exact) mass is 311 g/mol. The molecule has 1 fully saturated rings. The van der Waals surface area contributed by atoms with Crippen LogP contribution in [0.15, 0.2) is 54.6 Å². The lowest BCUT2D eigenvalue weighted by Crippen LogP contribution is -2.44. The summed E-state index contributed by atoms with van der Waals surface area (Å²) in [4.78, 5) is 12.2. The first-order chi connectivity index (χ1) is 11.2. The van der Waals surface area contributed by atoms with Crippen molar-refractivity contribution < 1.29 is 9.53 Å². The van der Waals surface area contributed by atoms with Crippen molar-refractivity contribution in [3.63, 3.8) is 0 Å². The van der Waals surface area contributed by atoms with E-state index in [1.54, 1.807) is 7.11 Å². The minimum Gasteiger partial charge on any atom is -0.497 e. The quantitative estimate of drug-likeness (QED) is 0.789. The SMILES string of the molecule is COc1ccc(CC(=O)NC2CC(c3ccccc3)NN2)cc1. The Bertz CT molecular complexity index is 643. The summed E-state index contributed by atoms with van der Waals surface area (Å²) in [5, 5.41) is 3.01. The van der Waals surface area contributed by atoms with Crippen LogP contribution in [0.5, 0.6) is 5.75 Å². The second-order valence-electron chi connectivity index (χ2n) is 5.63. The molecule has 0 saturated carbocycles. The van der Waals surface area contributed by atoms with E-state index in [9.17, 15) is 4.79 Å². The largest absolute Gasteiger partial charge is 0.497 e. The molecule has 0 bridgehead atoms. The Morgan fingerprint density at radius 3 is 2.57 bits per heavy atom. The Labute approximate surface area is 136 Å². The van der Waals surface area contributed by atoms with Crippen molar-refractivity contribution in [1.29, 1.82) is 0 Å². The van der Waals surface area contributed by atoms with Crippen molar-refractivity contribution in [2.45, 2.75) is 25.0 Å². The molecule has 0 radical (unpaired) electrons. The van der Waals surface area contributed by atoms with Gasteiger partial charge in [0.25, 0.3) is 0 Å². The van der Waals surface area contributed by atoms with Crippen molar-refractivity contribution in [3.05, 3.63) is 65.7 Å². The fraction of sp³-hybridized carbons (Fsp3) is 0.278. The number of carbonyl (C=O) groups excluding carboxylic acids is 1. The van der Waals surface area contributed by atoms with Gasteiger partial charge in [-0.05, 0) is 23.3 Å². The molecule has 0 aliphatic carbocycles. The molecule has 1 heterocycles. The van der Waals surface area contributed by atoms with Gasteiger partial charge in [-0.15, -0.1) is 0 Å². The van der Waals surface area contributed by atoms with Gasteiger partial charge in [-0.25, -0.2) is 10.9 Å². The van der Waals surface area contributed by atoms with Gasteiger partial charge in [0.1, 0.15) is 5.75 Å². The van der Waals surface area contributed by atoms with Crippen LogP contribution in [-0.4, -0.2) is 19.2 Å². The standard InChI is InChI=1S/C18H21N3O2/c1-23-15-9-7-13(8-10-15)11-18(22)19-17-12-16(20-21-17)14-5-3-2-4-6-14/h2-10,16-17,20-21H,11-12H2,1H3,(H,19,22). The maximum Gasteiger partial charge on any atom is 0.225 e.